The van der Waals surface area contributed by atoms with E-state index in [1.807, 2.05) is 4.72 Å². The molecule has 0 amide bonds. The summed E-state index contributed by atoms with van der Waals surface area (Å²) in [7, 11) is -3.83. The molecule has 206 valence electrons. The summed E-state index contributed by atoms with van der Waals surface area (Å²) in [5.74, 6) is 1.02. The van der Waals surface area contributed by atoms with E-state index >= 15 is 0 Å². The average Bonchev–Trinajstić information content (AvgIpc) is 3.37. The summed E-state index contributed by atoms with van der Waals surface area (Å²) in [5, 5.41) is 19.5. The van der Waals surface area contributed by atoms with E-state index < -0.39 is 21.7 Å². The number of anilines is 1. The highest BCUT2D eigenvalue weighted by Crippen LogP contribution is 2.42. The van der Waals surface area contributed by atoms with E-state index in [0.29, 0.717) is 24.5 Å². The Balaban J connectivity index is 1.34. The smallest absolute Gasteiger partial charge is 0.330 e. The molecule has 0 spiro atoms. The van der Waals surface area contributed by atoms with Crippen LogP contribution >= 0.6 is 0 Å². The SMILES string of the molecule is Cc1cc(OCCC(C)(C)O)cc(C)c1-c1cccc2c1CC[C@H]2Oc1ccc(N2C=C(O)NS2(=O)=O)cc1. The minimum Gasteiger partial charge on any atom is -0.493 e. The third-order valence-electron chi connectivity index (χ3n) is 7.08. The highest BCUT2D eigenvalue weighted by Gasteiger charge is 2.30. The molecule has 5 rings (SSSR count). The second kappa shape index (κ2) is 10.1. The van der Waals surface area contributed by atoms with Crippen LogP contribution < -0.4 is 18.5 Å². The lowest BCUT2D eigenvalue weighted by Gasteiger charge is -2.20. The highest BCUT2D eigenvalue weighted by atomic mass is 32.2. The number of ether oxygens (including phenoxy) is 2. The molecule has 0 aromatic heterocycles. The van der Waals surface area contributed by atoms with Crippen molar-refractivity contribution in [3.8, 4) is 22.6 Å². The molecular formula is C30H34N2O6S. The Labute approximate surface area is 229 Å². The number of aliphatic hydroxyl groups excluding tert-OH is 1. The normalized spacial score (nSPS) is 17.9. The summed E-state index contributed by atoms with van der Waals surface area (Å²) in [6.07, 6.45) is 3.29. The summed E-state index contributed by atoms with van der Waals surface area (Å²) < 4.78 is 39.6. The first kappa shape index (κ1) is 26.9. The van der Waals surface area contributed by atoms with Gasteiger partial charge in [0.25, 0.3) is 0 Å². The molecule has 2 aliphatic rings. The van der Waals surface area contributed by atoms with Crippen molar-refractivity contribution in [3.63, 3.8) is 0 Å². The molecule has 0 bridgehead atoms. The van der Waals surface area contributed by atoms with Gasteiger partial charge in [0.2, 0.25) is 5.88 Å². The number of rotatable bonds is 8. The van der Waals surface area contributed by atoms with Crippen molar-refractivity contribution in [1.29, 1.82) is 0 Å². The third-order valence-corrected chi connectivity index (χ3v) is 8.38. The van der Waals surface area contributed by atoms with Crippen LogP contribution in [0, 0.1) is 13.8 Å². The maximum absolute atomic E-state index is 12.1. The second-order valence-corrected chi connectivity index (χ2v) is 12.3. The number of aliphatic hydroxyl groups is 2. The van der Waals surface area contributed by atoms with Crippen LogP contribution in [0.15, 0.2) is 66.7 Å². The first-order chi connectivity index (χ1) is 18.4. The maximum atomic E-state index is 12.1. The maximum Gasteiger partial charge on any atom is 0.330 e. The minimum absolute atomic E-state index is 0.114. The van der Waals surface area contributed by atoms with Gasteiger partial charge in [-0.25, -0.2) is 9.03 Å². The van der Waals surface area contributed by atoms with Crippen LogP contribution in [0.2, 0.25) is 0 Å². The predicted octanol–water partition coefficient (Wildman–Crippen LogP) is 5.59. The van der Waals surface area contributed by atoms with Crippen molar-refractivity contribution in [2.24, 2.45) is 0 Å². The van der Waals surface area contributed by atoms with Gasteiger partial charge in [-0.3, -0.25) is 0 Å². The monoisotopic (exact) mass is 550 g/mol. The number of benzene rings is 3. The standard InChI is InChI=1S/C30H34N2O6S/c1-19-16-23(37-15-14-30(3,4)34)17-20(2)29(19)26-7-5-6-25-24(26)12-13-27(25)38-22-10-8-21(9-11-22)32-18-28(33)31-39(32,35)36/h5-11,16-18,27,31,33-34H,12-15H2,1-4H3/t27-/m1/s1. The van der Waals surface area contributed by atoms with Gasteiger partial charge in [-0.2, -0.15) is 8.42 Å². The fourth-order valence-corrected chi connectivity index (χ4v) is 6.31. The van der Waals surface area contributed by atoms with Gasteiger partial charge in [0.1, 0.15) is 17.6 Å². The summed E-state index contributed by atoms with van der Waals surface area (Å²) in [6, 6.07) is 17.2. The molecule has 0 saturated carbocycles. The lowest BCUT2D eigenvalue weighted by Crippen LogP contribution is -2.29. The molecule has 3 N–H and O–H groups in total. The van der Waals surface area contributed by atoms with Gasteiger partial charge in [-0.15, -0.1) is 0 Å². The van der Waals surface area contributed by atoms with E-state index in [-0.39, 0.29) is 6.10 Å². The Hall–Kier alpha value is -3.69. The number of hydrogen-bond acceptors (Lipinski definition) is 6. The molecule has 0 radical (unpaired) electrons. The van der Waals surface area contributed by atoms with Gasteiger partial charge >= 0.3 is 10.2 Å². The lowest BCUT2D eigenvalue weighted by molar-refractivity contribution is 0.0553. The second-order valence-electron chi connectivity index (χ2n) is 10.8. The number of fused-ring (bicyclic) bond motifs is 1. The van der Waals surface area contributed by atoms with Gasteiger partial charge in [-0.1, -0.05) is 18.2 Å². The molecular weight excluding hydrogens is 516 g/mol. The Bertz CT molecular complexity index is 1500. The largest absolute Gasteiger partial charge is 0.493 e. The summed E-state index contributed by atoms with van der Waals surface area (Å²) in [4.78, 5) is 0. The fraction of sp³-hybridized carbons (Fsp3) is 0.333. The van der Waals surface area contributed by atoms with E-state index in [2.05, 4.69) is 44.2 Å². The Kier molecular flexibility index (Phi) is 6.99. The summed E-state index contributed by atoms with van der Waals surface area (Å²) in [5.41, 5.74) is 6.72. The quantitative estimate of drug-likeness (QED) is 0.338. The van der Waals surface area contributed by atoms with Crippen LogP contribution in [-0.2, 0) is 16.6 Å². The van der Waals surface area contributed by atoms with Gasteiger partial charge < -0.3 is 19.7 Å². The Morgan fingerprint density at radius 2 is 1.74 bits per heavy atom. The molecule has 1 heterocycles. The van der Waals surface area contributed by atoms with Crippen molar-refractivity contribution in [1.82, 2.24) is 4.72 Å². The number of aryl methyl sites for hydroxylation is 2. The van der Waals surface area contributed by atoms with E-state index in [0.717, 1.165) is 45.8 Å². The van der Waals surface area contributed by atoms with E-state index in [1.54, 1.807) is 38.1 Å². The number of nitrogens with zero attached hydrogens (tertiary/aromatic N) is 1. The third kappa shape index (κ3) is 5.69. The molecule has 8 nitrogen and oxygen atoms in total. The van der Waals surface area contributed by atoms with Crippen molar-refractivity contribution >= 4 is 15.9 Å². The first-order valence-electron chi connectivity index (χ1n) is 13.0. The summed E-state index contributed by atoms with van der Waals surface area (Å²) >= 11 is 0. The molecule has 1 aliphatic carbocycles. The predicted molar refractivity (Wildman–Crippen MR) is 151 cm³/mol. The topological polar surface area (TPSA) is 108 Å². The molecule has 39 heavy (non-hydrogen) atoms. The van der Waals surface area contributed by atoms with Gasteiger partial charge in [0.15, 0.2) is 0 Å². The van der Waals surface area contributed by atoms with Gasteiger partial charge in [0, 0.05) is 6.42 Å². The molecule has 3 aromatic carbocycles. The van der Waals surface area contributed by atoms with Crippen LogP contribution in [0.5, 0.6) is 11.5 Å². The molecule has 3 aromatic rings. The minimum atomic E-state index is -3.83. The molecule has 0 fully saturated rings. The van der Waals surface area contributed by atoms with Crippen LogP contribution in [0.3, 0.4) is 0 Å². The van der Waals surface area contributed by atoms with Crippen LogP contribution in [-0.4, -0.2) is 30.8 Å². The fourth-order valence-electron chi connectivity index (χ4n) is 5.26. The van der Waals surface area contributed by atoms with Crippen molar-refractivity contribution in [3.05, 3.63) is 88.9 Å². The zero-order chi connectivity index (χ0) is 27.9. The van der Waals surface area contributed by atoms with Crippen molar-refractivity contribution in [2.75, 3.05) is 10.9 Å². The summed E-state index contributed by atoms with van der Waals surface area (Å²) in [6.45, 7) is 8.20. The molecule has 0 saturated heterocycles. The van der Waals surface area contributed by atoms with E-state index in [1.165, 1.54) is 16.7 Å². The molecule has 9 heteroatoms. The highest BCUT2D eigenvalue weighted by molar-refractivity contribution is 7.91. The van der Waals surface area contributed by atoms with Crippen LogP contribution in [0.1, 0.15) is 55.0 Å². The van der Waals surface area contributed by atoms with Gasteiger partial charge in [0.05, 0.1) is 24.1 Å². The molecule has 0 unspecified atom stereocenters. The van der Waals surface area contributed by atoms with Crippen LogP contribution in [0.25, 0.3) is 11.1 Å². The van der Waals surface area contributed by atoms with Gasteiger partial charge in [-0.05, 0) is 110 Å². The van der Waals surface area contributed by atoms with E-state index in [9.17, 15) is 18.6 Å². The Morgan fingerprint density at radius 3 is 2.36 bits per heavy atom. The lowest BCUT2D eigenvalue weighted by atomic mass is 9.90. The van der Waals surface area contributed by atoms with E-state index in [4.69, 9.17) is 9.47 Å². The van der Waals surface area contributed by atoms with Crippen LogP contribution in [0.4, 0.5) is 5.69 Å². The average molecular weight is 551 g/mol. The van der Waals surface area contributed by atoms with Crippen molar-refractivity contribution < 1.29 is 28.1 Å². The molecule has 1 atom stereocenters. The zero-order valence-corrected chi connectivity index (χ0v) is 23.4. The number of nitrogens with one attached hydrogen (secondary N) is 1. The van der Waals surface area contributed by atoms with Crippen molar-refractivity contribution in [2.45, 2.75) is 58.7 Å². The molecule has 1 aliphatic heterocycles. The number of hydrogen-bond donors (Lipinski definition) is 3. The Morgan fingerprint density at radius 1 is 1.05 bits per heavy atom. The zero-order valence-electron chi connectivity index (χ0n) is 22.6. The first-order valence-corrected chi connectivity index (χ1v) is 14.4.